The summed E-state index contributed by atoms with van der Waals surface area (Å²) in [5, 5.41) is 12.9. The van der Waals surface area contributed by atoms with E-state index in [1.165, 1.54) is 21.1 Å². The van der Waals surface area contributed by atoms with Crippen LogP contribution >= 0.6 is 0 Å². The van der Waals surface area contributed by atoms with Crippen LogP contribution in [-0.2, 0) is 0 Å². The smallest absolute Gasteiger partial charge is 0.128 e. The van der Waals surface area contributed by atoms with Crippen LogP contribution in [0.3, 0.4) is 0 Å². The summed E-state index contributed by atoms with van der Waals surface area (Å²) in [4.78, 5) is 0. The summed E-state index contributed by atoms with van der Waals surface area (Å²) in [7, 11) is 4.71. The molecule has 0 saturated heterocycles. The first kappa shape index (κ1) is 14.7. The highest BCUT2D eigenvalue weighted by Crippen LogP contribution is 2.36. The lowest BCUT2D eigenvalue weighted by Crippen LogP contribution is -2.17. The van der Waals surface area contributed by atoms with Crippen molar-refractivity contribution in [3.8, 4) is 11.5 Å². The Balaban J connectivity index is 3.27. The van der Waals surface area contributed by atoms with E-state index in [1.807, 2.05) is 0 Å². The predicted octanol–water partition coefficient (Wildman–Crippen LogP) is 1.99. The monoisotopic (exact) mass is 257 g/mol. The zero-order valence-electron chi connectivity index (χ0n) is 11.2. The van der Waals surface area contributed by atoms with Crippen molar-refractivity contribution in [1.82, 2.24) is 5.32 Å². The highest BCUT2D eigenvalue weighted by molar-refractivity contribution is 5.48. The lowest BCUT2D eigenvalue weighted by atomic mass is 10.0. The summed E-state index contributed by atoms with van der Waals surface area (Å²) < 4.78 is 23.9. The second kappa shape index (κ2) is 6.56. The molecule has 0 bridgehead atoms. The molecule has 0 radical (unpaired) electrons. The van der Waals surface area contributed by atoms with E-state index in [-0.39, 0.29) is 0 Å². The van der Waals surface area contributed by atoms with Gasteiger partial charge in [-0.3, -0.25) is 0 Å². The molecule has 4 nitrogen and oxygen atoms in total. The molecule has 102 valence electrons. The maximum atomic E-state index is 13.5. The van der Waals surface area contributed by atoms with Gasteiger partial charge in [-0.1, -0.05) is 0 Å². The third-order valence-corrected chi connectivity index (χ3v) is 2.77. The molecule has 0 aromatic heterocycles. The van der Waals surface area contributed by atoms with Crippen LogP contribution in [0.4, 0.5) is 4.39 Å². The van der Waals surface area contributed by atoms with Crippen molar-refractivity contribution in [1.29, 1.82) is 0 Å². The Labute approximate surface area is 107 Å². The number of aliphatic hydroxyl groups is 1. The molecule has 0 amide bonds. The molecule has 18 heavy (non-hydrogen) atoms. The zero-order chi connectivity index (χ0) is 13.7. The van der Waals surface area contributed by atoms with Crippen LogP contribution in [0.25, 0.3) is 0 Å². The maximum Gasteiger partial charge on any atom is 0.128 e. The molecule has 0 aliphatic rings. The Hall–Kier alpha value is -1.33. The number of rotatable bonds is 6. The fraction of sp³-hybridized carbons (Fsp3) is 0.538. The molecule has 0 aliphatic carbocycles. The molecule has 0 heterocycles. The van der Waals surface area contributed by atoms with E-state index in [2.05, 4.69) is 5.32 Å². The normalized spacial score (nSPS) is 14.1. The van der Waals surface area contributed by atoms with Crippen molar-refractivity contribution in [2.24, 2.45) is 0 Å². The number of methoxy groups -OCH3 is 2. The van der Waals surface area contributed by atoms with E-state index in [9.17, 15) is 9.50 Å². The van der Waals surface area contributed by atoms with Crippen molar-refractivity contribution in [3.05, 3.63) is 23.3 Å². The molecule has 2 N–H and O–H groups in total. The molecule has 1 aromatic rings. The molecule has 0 spiro atoms. The SMILES string of the molecule is CNCC(O)c1cc(C(C)F)c(OC)cc1OC. The van der Waals surface area contributed by atoms with E-state index >= 15 is 0 Å². The Morgan fingerprint density at radius 3 is 2.22 bits per heavy atom. The Morgan fingerprint density at radius 1 is 1.22 bits per heavy atom. The van der Waals surface area contributed by atoms with Crippen molar-refractivity contribution in [2.75, 3.05) is 27.8 Å². The average Bonchev–Trinajstić information content (AvgIpc) is 2.37. The van der Waals surface area contributed by atoms with Gasteiger partial charge < -0.3 is 19.9 Å². The topological polar surface area (TPSA) is 50.7 Å². The molecule has 0 saturated carbocycles. The van der Waals surface area contributed by atoms with Crippen molar-refractivity contribution >= 4 is 0 Å². The number of likely N-dealkylation sites (N-methyl/N-ethyl adjacent to an activating group) is 1. The van der Waals surface area contributed by atoms with Crippen LogP contribution in [-0.4, -0.2) is 32.9 Å². The number of hydrogen-bond acceptors (Lipinski definition) is 4. The summed E-state index contributed by atoms with van der Waals surface area (Å²) in [5.74, 6) is 0.904. The van der Waals surface area contributed by atoms with Gasteiger partial charge in [-0.15, -0.1) is 0 Å². The number of alkyl halides is 1. The number of ether oxygens (including phenoxy) is 2. The van der Waals surface area contributed by atoms with Gasteiger partial charge in [-0.25, -0.2) is 4.39 Å². The predicted molar refractivity (Wildman–Crippen MR) is 68.0 cm³/mol. The van der Waals surface area contributed by atoms with Crippen LogP contribution in [0, 0.1) is 0 Å². The molecule has 2 atom stereocenters. The van der Waals surface area contributed by atoms with Crippen LogP contribution in [0.5, 0.6) is 11.5 Å². The maximum absolute atomic E-state index is 13.5. The standard InChI is InChI=1S/C13H20FNO3/c1-8(14)9-5-10(11(16)7-15-2)13(18-4)6-12(9)17-3/h5-6,8,11,15-16H,7H2,1-4H3. The first-order valence-corrected chi connectivity index (χ1v) is 5.77. The fourth-order valence-corrected chi connectivity index (χ4v) is 1.82. The number of nitrogens with one attached hydrogen (secondary N) is 1. The van der Waals surface area contributed by atoms with E-state index in [0.29, 0.717) is 29.2 Å². The van der Waals surface area contributed by atoms with Crippen LogP contribution in [0.1, 0.15) is 30.3 Å². The molecule has 1 rings (SSSR count). The largest absolute Gasteiger partial charge is 0.496 e. The Kier molecular flexibility index (Phi) is 5.37. The van der Waals surface area contributed by atoms with Gasteiger partial charge >= 0.3 is 0 Å². The number of benzene rings is 1. The van der Waals surface area contributed by atoms with Gasteiger partial charge in [0.1, 0.15) is 17.7 Å². The van der Waals surface area contributed by atoms with E-state index in [4.69, 9.17) is 9.47 Å². The van der Waals surface area contributed by atoms with Gasteiger partial charge in [0.2, 0.25) is 0 Å². The summed E-state index contributed by atoms with van der Waals surface area (Å²) in [6, 6.07) is 3.18. The van der Waals surface area contributed by atoms with Crippen molar-refractivity contribution < 1.29 is 19.0 Å². The third kappa shape index (κ3) is 3.11. The second-order valence-electron chi connectivity index (χ2n) is 4.03. The number of halogens is 1. The summed E-state index contributed by atoms with van der Waals surface area (Å²) >= 11 is 0. The van der Waals surface area contributed by atoms with E-state index < -0.39 is 12.3 Å². The minimum absolute atomic E-state index is 0.364. The van der Waals surface area contributed by atoms with Gasteiger partial charge in [-0.05, 0) is 20.0 Å². The van der Waals surface area contributed by atoms with Gasteiger partial charge in [0, 0.05) is 23.7 Å². The lowest BCUT2D eigenvalue weighted by molar-refractivity contribution is 0.173. The van der Waals surface area contributed by atoms with Gasteiger partial charge in [0.25, 0.3) is 0 Å². The molecule has 0 fully saturated rings. The van der Waals surface area contributed by atoms with Crippen molar-refractivity contribution in [2.45, 2.75) is 19.2 Å². The van der Waals surface area contributed by atoms with Crippen LogP contribution < -0.4 is 14.8 Å². The van der Waals surface area contributed by atoms with E-state index in [0.717, 1.165) is 0 Å². The van der Waals surface area contributed by atoms with Crippen LogP contribution in [0.2, 0.25) is 0 Å². The Bertz CT molecular complexity index is 396. The van der Waals surface area contributed by atoms with E-state index in [1.54, 1.807) is 19.2 Å². The molecule has 1 aromatic carbocycles. The van der Waals surface area contributed by atoms with Crippen molar-refractivity contribution in [3.63, 3.8) is 0 Å². The summed E-state index contributed by atoms with van der Waals surface area (Å²) in [6.45, 7) is 1.79. The zero-order valence-corrected chi connectivity index (χ0v) is 11.2. The number of hydrogen-bond donors (Lipinski definition) is 2. The van der Waals surface area contributed by atoms with Gasteiger partial charge in [0.05, 0.1) is 20.3 Å². The Morgan fingerprint density at radius 2 is 1.78 bits per heavy atom. The lowest BCUT2D eigenvalue weighted by Gasteiger charge is -2.18. The molecule has 2 unspecified atom stereocenters. The fourth-order valence-electron chi connectivity index (χ4n) is 1.82. The second-order valence-corrected chi connectivity index (χ2v) is 4.03. The molecular formula is C13H20FNO3. The summed E-state index contributed by atoms with van der Waals surface area (Å²) in [6.07, 6.45) is -1.93. The molecular weight excluding hydrogens is 237 g/mol. The minimum Gasteiger partial charge on any atom is -0.496 e. The number of aliphatic hydroxyl groups excluding tert-OH is 1. The molecule has 0 aliphatic heterocycles. The first-order valence-electron chi connectivity index (χ1n) is 5.77. The highest BCUT2D eigenvalue weighted by atomic mass is 19.1. The van der Waals surface area contributed by atoms with Crippen LogP contribution in [0.15, 0.2) is 12.1 Å². The van der Waals surface area contributed by atoms with Gasteiger partial charge in [0.15, 0.2) is 0 Å². The molecule has 5 heteroatoms. The van der Waals surface area contributed by atoms with Gasteiger partial charge in [-0.2, -0.15) is 0 Å². The first-order chi connectivity index (χ1) is 8.54. The highest BCUT2D eigenvalue weighted by Gasteiger charge is 2.19. The minimum atomic E-state index is -1.17. The quantitative estimate of drug-likeness (QED) is 0.818. The average molecular weight is 257 g/mol. The third-order valence-electron chi connectivity index (χ3n) is 2.77. The summed E-state index contributed by atoms with van der Waals surface area (Å²) in [5.41, 5.74) is 0.954.